The van der Waals surface area contributed by atoms with E-state index in [0.717, 1.165) is 22.9 Å². The van der Waals surface area contributed by atoms with E-state index in [9.17, 15) is 23.3 Å². The Hall–Kier alpha value is -3.94. The third-order valence-corrected chi connectivity index (χ3v) is 6.50. The molecule has 176 valence electrons. The van der Waals surface area contributed by atoms with E-state index in [1.165, 1.54) is 12.1 Å². The lowest BCUT2D eigenvalue weighted by Gasteiger charge is -2.13. The van der Waals surface area contributed by atoms with E-state index in [-0.39, 0.29) is 10.5 Å². The number of aryl methyl sites for hydroxylation is 1. The van der Waals surface area contributed by atoms with Crippen LogP contribution in [0.15, 0.2) is 53.4 Å². The predicted octanol–water partition coefficient (Wildman–Crippen LogP) is 2.78. The highest BCUT2D eigenvalue weighted by Crippen LogP contribution is 2.27. The molecule has 0 bridgehead atoms. The van der Waals surface area contributed by atoms with Crippen LogP contribution in [0, 0.1) is 32.1 Å². The van der Waals surface area contributed by atoms with Gasteiger partial charge in [0.15, 0.2) is 6.61 Å². The largest absolute Gasteiger partial charge is 0.452 e. The molecule has 3 N–H and O–H groups in total. The number of amides is 1. The number of carbonyl (C=O) groups is 2. The van der Waals surface area contributed by atoms with Crippen LogP contribution in [0.25, 0.3) is 0 Å². The van der Waals surface area contributed by atoms with Gasteiger partial charge in [-0.15, -0.1) is 0 Å². The Morgan fingerprint density at radius 1 is 1.12 bits per heavy atom. The van der Waals surface area contributed by atoms with Gasteiger partial charge in [-0.05, 0) is 49.6 Å². The number of hydrogen-bond donors (Lipinski definition) is 2. The average Bonchev–Trinajstić information content (AvgIpc) is 3.01. The van der Waals surface area contributed by atoms with Crippen LogP contribution in [0.1, 0.15) is 38.3 Å². The summed E-state index contributed by atoms with van der Waals surface area (Å²) in [7, 11) is -4.02. The summed E-state index contributed by atoms with van der Waals surface area (Å²) >= 11 is 0. The topological polar surface area (TPSA) is 144 Å². The number of aromatic nitrogens is 1. The van der Waals surface area contributed by atoms with E-state index < -0.39 is 28.5 Å². The number of sulfonamides is 1. The number of anilines is 1. The Kier molecular flexibility index (Phi) is 7.20. The predicted molar refractivity (Wildman–Crippen MR) is 126 cm³/mol. The maximum Gasteiger partial charge on any atom is 0.338 e. The Labute approximate surface area is 197 Å². The maximum absolute atomic E-state index is 12.6. The van der Waals surface area contributed by atoms with E-state index in [1.807, 2.05) is 41.8 Å². The van der Waals surface area contributed by atoms with Gasteiger partial charge in [-0.1, -0.05) is 36.4 Å². The van der Waals surface area contributed by atoms with Crippen molar-refractivity contribution in [3.8, 4) is 6.07 Å². The highest BCUT2D eigenvalue weighted by molar-refractivity contribution is 7.89. The van der Waals surface area contributed by atoms with Gasteiger partial charge in [0.1, 0.15) is 11.9 Å². The highest BCUT2D eigenvalue weighted by atomic mass is 32.2. The fraction of sp³-hybridized carbons (Fsp3) is 0.208. The van der Waals surface area contributed by atoms with Crippen LogP contribution in [0.4, 0.5) is 5.82 Å². The first-order chi connectivity index (χ1) is 16.0. The third kappa shape index (κ3) is 5.33. The first-order valence-electron chi connectivity index (χ1n) is 10.3. The fourth-order valence-corrected chi connectivity index (χ4v) is 4.32. The summed E-state index contributed by atoms with van der Waals surface area (Å²) in [5.74, 6) is -1.21. The molecule has 1 amide bonds. The number of nitriles is 1. The standard InChI is InChI=1S/C24H24N4O5S/c1-15-9-10-19(11-21(15)34(26,31)32)24(30)33-14-22(29)27-23-20(12-25)16(2)17(3)28(23)13-18-7-5-4-6-8-18/h4-11H,13-14H2,1-3H3,(H,27,29)(H2,26,31,32). The van der Waals surface area contributed by atoms with Crippen molar-refractivity contribution in [2.75, 3.05) is 11.9 Å². The molecule has 3 rings (SSSR count). The number of nitrogens with two attached hydrogens (primary N) is 1. The third-order valence-electron chi connectivity index (χ3n) is 5.45. The minimum absolute atomic E-state index is 0.0562. The molecule has 2 aromatic carbocycles. The van der Waals surface area contributed by atoms with Crippen molar-refractivity contribution >= 4 is 27.7 Å². The monoisotopic (exact) mass is 480 g/mol. The van der Waals surface area contributed by atoms with Crippen LogP contribution in [0.2, 0.25) is 0 Å². The van der Waals surface area contributed by atoms with Crippen molar-refractivity contribution < 1.29 is 22.7 Å². The molecule has 0 aliphatic rings. The summed E-state index contributed by atoms with van der Waals surface area (Å²) < 4.78 is 30.2. The van der Waals surface area contributed by atoms with E-state index in [1.54, 1.807) is 13.8 Å². The number of hydrogen-bond acceptors (Lipinski definition) is 6. The zero-order valence-corrected chi connectivity index (χ0v) is 19.8. The summed E-state index contributed by atoms with van der Waals surface area (Å²) in [5, 5.41) is 17.5. The molecule has 0 radical (unpaired) electrons. The summed E-state index contributed by atoms with van der Waals surface area (Å²) in [5.41, 5.74) is 3.19. The summed E-state index contributed by atoms with van der Waals surface area (Å²) in [6.07, 6.45) is 0. The van der Waals surface area contributed by atoms with Crippen molar-refractivity contribution in [3.05, 3.63) is 82.0 Å². The molecule has 0 unspecified atom stereocenters. The molecule has 34 heavy (non-hydrogen) atoms. The number of rotatable bonds is 7. The minimum atomic E-state index is -4.02. The molecule has 0 aliphatic heterocycles. The number of benzene rings is 2. The van der Waals surface area contributed by atoms with Gasteiger partial charge in [-0.25, -0.2) is 18.4 Å². The van der Waals surface area contributed by atoms with Gasteiger partial charge >= 0.3 is 5.97 Å². The number of nitrogens with one attached hydrogen (secondary N) is 1. The second-order valence-electron chi connectivity index (χ2n) is 7.77. The Bertz CT molecular complexity index is 1400. The van der Waals surface area contributed by atoms with Crippen LogP contribution >= 0.6 is 0 Å². The SMILES string of the molecule is Cc1ccc(C(=O)OCC(=O)Nc2c(C#N)c(C)c(C)n2Cc2ccccc2)cc1S(N)(=O)=O. The minimum Gasteiger partial charge on any atom is -0.452 e. The van der Waals surface area contributed by atoms with Crippen molar-refractivity contribution in [3.63, 3.8) is 0 Å². The van der Waals surface area contributed by atoms with Gasteiger partial charge in [0.2, 0.25) is 10.0 Å². The fourth-order valence-electron chi connectivity index (χ4n) is 3.51. The van der Waals surface area contributed by atoms with Gasteiger partial charge in [0.05, 0.1) is 16.0 Å². The lowest BCUT2D eigenvalue weighted by atomic mass is 10.1. The summed E-state index contributed by atoms with van der Waals surface area (Å²) in [6, 6.07) is 15.6. The van der Waals surface area contributed by atoms with Crippen LogP contribution in [0.3, 0.4) is 0 Å². The van der Waals surface area contributed by atoms with Crippen LogP contribution in [-0.2, 0) is 26.1 Å². The molecule has 0 atom stereocenters. The molecule has 0 saturated heterocycles. The van der Waals surface area contributed by atoms with Gasteiger partial charge in [0.25, 0.3) is 5.91 Å². The molecule has 3 aromatic rings. The zero-order valence-electron chi connectivity index (χ0n) is 19.0. The van der Waals surface area contributed by atoms with E-state index in [4.69, 9.17) is 9.88 Å². The van der Waals surface area contributed by atoms with Crippen molar-refractivity contribution in [1.29, 1.82) is 5.26 Å². The Balaban J connectivity index is 1.77. The normalized spacial score (nSPS) is 11.0. The van der Waals surface area contributed by atoms with Crippen molar-refractivity contribution in [2.45, 2.75) is 32.2 Å². The lowest BCUT2D eigenvalue weighted by molar-refractivity contribution is -0.119. The van der Waals surface area contributed by atoms with E-state index >= 15 is 0 Å². The van der Waals surface area contributed by atoms with Crippen LogP contribution in [0.5, 0.6) is 0 Å². The zero-order chi connectivity index (χ0) is 25.0. The number of carbonyl (C=O) groups excluding carboxylic acids is 2. The second-order valence-corrected chi connectivity index (χ2v) is 9.30. The smallest absolute Gasteiger partial charge is 0.338 e. The van der Waals surface area contributed by atoms with Crippen LogP contribution in [-0.4, -0.2) is 31.5 Å². The average molecular weight is 481 g/mol. The molecule has 9 nitrogen and oxygen atoms in total. The summed E-state index contributed by atoms with van der Waals surface area (Å²) in [6.45, 7) is 5.01. The first-order valence-corrected chi connectivity index (χ1v) is 11.8. The molecule has 0 saturated carbocycles. The second kappa shape index (κ2) is 9.91. The quantitative estimate of drug-likeness (QED) is 0.498. The maximum atomic E-state index is 12.6. The number of nitrogens with zero attached hydrogens (tertiary/aromatic N) is 2. The van der Waals surface area contributed by atoms with E-state index in [0.29, 0.717) is 23.5 Å². The Morgan fingerprint density at radius 2 is 1.79 bits per heavy atom. The van der Waals surface area contributed by atoms with Gasteiger partial charge in [0, 0.05) is 12.2 Å². The van der Waals surface area contributed by atoms with Crippen molar-refractivity contribution in [2.24, 2.45) is 5.14 Å². The molecule has 0 spiro atoms. The number of primary sulfonamides is 1. The molecular formula is C24H24N4O5S. The first kappa shape index (κ1) is 24.7. The Morgan fingerprint density at radius 3 is 2.41 bits per heavy atom. The van der Waals surface area contributed by atoms with Gasteiger partial charge in [-0.2, -0.15) is 5.26 Å². The molecule has 0 fully saturated rings. The molecular weight excluding hydrogens is 456 g/mol. The highest BCUT2D eigenvalue weighted by Gasteiger charge is 2.21. The molecule has 0 aliphatic carbocycles. The molecule has 10 heteroatoms. The van der Waals surface area contributed by atoms with Crippen molar-refractivity contribution in [1.82, 2.24) is 4.57 Å². The van der Waals surface area contributed by atoms with Crippen LogP contribution < -0.4 is 10.5 Å². The molecule has 1 aromatic heterocycles. The summed E-state index contributed by atoms with van der Waals surface area (Å²) in [4.78, 5) is 24.8. The molecule has 1 heterocycles. The van der Waals surface area contributed by atoms with Gasteiger partial charge in [-0.3, -0.25) is 4.79 Å². The number of esters is 1. The van der Waals surface area contributed by atoms with E-state index in [2.05, 4.69) is 11.4 Å². The lowest BCUT2D eigenvalue weighted by Crippen LogP contribution is -2.23. The number of ether oxygens (including phenoxy) is 1. The van der Waals surface area contributed by atoms with Gasteiger partial charge < -0.3 is 14.6 Å².